The first-order valence-electron chi connectivity index (χ1n) is 7.96. The first-order valence-corrected chi connectivity index (χ1v) is 7.96. The molecule has 0 unspecified atom stereocenters. The van der Waals surface area contributed by atoms with Crippen LogP contribution in [-0.4, -0.2) is 39.3 Å². The van der Waals surface area contributed by atoms with Gasteiger partial charge in [-0.25, -0.2) is 9.61 Å². The van der Waals surface area contributed by atoms with Crippen LogP contribution in [-0.2, 0) is 7.05 Å². The fourth-order valence-corrected chi connectivity index (χ4v) is 2.93. The maximum atomic E-state index is 5.44. The van der Waals surface area contributed by atoms with E-state index >= 15 is 0 Å². The SMILES string of the molecule is COc1cc2nc(-c3cnn(C)c3)cc(-c3nonc3C)c2cc1OC. The summed E-state index contributed by atoms with van der Waals surface area (Å²) in [6.07, 6.45) is 3.68. The van der Waals surface area contributed by atoms with Gasteiger partial charge in [0.25, 0.3) is 0 Å². The molecule has 3 aromatic heterocycles. The van der Waals surface area contributed by atoms with E-state index in [1.165, 1.54) is 0 Å². The molecule has 0 amide bonds. The van der Waals surface area contributed by atoms with E-state index < -0.39 is 0 Å². The first kappa shape index (κ1) is 16.1. The van der Waals surface area contributed by atoms with Crippen molar-refractivity contribution in [1.82, 2.24) is 25.1 Å². The lowest BCUT2D eigenvalue weighted by atomic mass is 10.0. The monoisotopic (exact) mass is 351 g/mol. The molecule has 0 radical (unpaired) electrons. The number of fused-ring (bicyclic) bond motifs is 1. The van der Waals surface area contributed by atoms with Crippen LogP contribution in [0.4, 0.5) is 0 Å². The summed E-state index contributed by atoms with van der Waals surface area (Å²) < 4.78 is 17.5. The number of benzene rings is 1. The Balaban J connectivity index is 2.06. The maximum absolute atomic E-state index is 5.44. The van der Waals surface area contributed by atoms with Gasteiger partial charge in [0.1, 0.15) is 11.4 Å². The number of rotatable bonds is 4. The molecule has 1 aromatic carbocycles. The second-order valence-corrected chi connectivity index (χ2v) is 5.88. The Kier molecular flexibility index (Phi) is 3.80. The topological polar surface area (TPSA) is 88.1 Å². The van der Waals surface area contributed by atoms with Crippen molar-refractivity contribution in [2.24, 2.45) is 7.05 Å². The summed E-state index contributed by atoms with van der Waals surface area (Å²) in [6.45, 7) is 1.85. The summed E-state index contributed by atoms with van der Waals surface area (Å²) in [5, 5.41) is 13.1. The lowest BCUT2D eigenvalue weighted by Gasteiger charge is -2.12. The molecule has 0 atom stereocenters. The molecule has 0 bridgehead atoms. The molecule has 4 aromatic rings. The fourth-order valence-electron chi connectivity index (χ4n) is 2.93. The molecule has 0 aliphatic rings. The van der Waals surface area contributed by atoms with Gasteiger partial charge in [-0.1, -0.05) is 5.16 Å². The van der Waals surface area contributed by atoms with Crippen molar-refractivity contribution in [2.75, 3.05) is 14.2 Å². The van der Waals surface area contributed by atoms with Gasteiger partial charge in [0.15, 0.2) is 11.5 Å². The summed E-state index contributed by atoms with van der Waals surface area (Å²) in [7, 11) is 5.07. The van der Waals surface area contributed by atoms with E-state index in [9.17, 15) is 0 Å². The minimum Gasteiger partial charge on any atom is -0.493 e. The van der Waals surface area contributed by atoms with Crippen LogP contribution in [0.1, 0.15) is 5.69 Å². The highest BCUT2D eigenvalue weighted by Crippen LogP contribution is 2.38. The summed E-state index contributed by atoms with van der Waals surface area (Å²) in [5.41, 5.74) is 4.64. The Morgan fingerprint density at radius 1 is 1.04 bits per heavy atom. The molecule has 3 heterocycles. The lowest BCUT2D eigenvalue weighted by Crippen LogP contribution is -1.95. The molecule has 0 N–H and O–H groups in total. The van der Waals surface area contributed by atoms with Crippen molar-refractivity contribution in [3.05, 3.63) is 36.3 Å². The fraction of sp³-hybridized carbons (Fsp3) is 0.222. The van der Waals surface area contributed by atoms with E-state index in [0.717, 1.165) is 27.7 Å². The predicted molar refractivity (Wildman–Crippen MR) is 95.1 cm³/mol. The molecular formula is C18H17N5O3. The molecule has 4 rings (SSSR count). The Hall–Kier alpha value is -3.42. The molecule has 8 heteroatoms. The van der Waals surface area contributed by atoms with E-state index in [1.54, 1.807) is 25.1 Å². The molecule has 132 valence electrons. The molecule has 0 spiro atoms. The minimum absolute atomic E-state index is 0.608. The van der Waals surface area contributed by atoms with Crippen molar-refractivity contribution in [3.63, 3.8) is 0 Å². The summed E-state index contributed by atoms with van der Waals surface area (Å²) >= 11 is 0. The van der Waals surface area contributed by atoms with E-state index in [2.05, 4.69) is 15.4 Å². The maximum Gasteiger partial charge on any atom is 0.162 e. The van der Waals surface area contributed by atoms with Crippen LogP contribution in [0, 0.1) is 6.92 Å². The van der Waals surface area contributed by atoms with Gasteiger partial charge in [-0.2, -0.15) is 5.10 Å². The standard InChI is InChI=1S/C18H17N5O3/c1-10-18(22-26-21-10)13-5-14(11-8-19-23(2)9-11)20-15-7-17(25-4)16(24-3)6-12(13)15/h5-9H,1-4H3. The second-order valence-electron chi connectivity index (χ2n) is 5.88. The number of aryl methyl sites for hydroxylation is 2. The Labute approximate surface area is 149 Å². The molecule has 0 aliphatic carbocycles. The van der Waals surface area contributed by atoms with Gasteiger partial charge in [0, 0.05) is 35.8 Å². The quantitative estimate of drug-likeness (QED) is 0.558. The third kappa shape index (κ3) is 2.55. The van der Waals surface area contributed by atoms with Gasteiger partial charge in [0.05, 0.1) is 31.6 Å². The number of aromatic nitrogens is 5. The van der Waals surface area contributed by atoms with Gasteiger partial charge in [-0.15, -0.1) is 0 Å². The van der Waals surface area contributed by atoms with Gasteiger partial charge in [0.2, 0.25) is 0 Å². The minimum atomic E-state index is 0.608. The zero-order valence-corrected chi connectivity index (χ0v) is 14.8. The van der Waals surface area contributed by atoms with Gasteiger partial charge >= 0.3 is 0 Å². The van der Waals surface area contributed by atoms with Crippen molar-refractivity contribution in [1.29, 1.82) is 0 Å². The third-order valence-corrected chi connectivity index (χ3v) is 4.22. The smallest absolute Gasteiger partial charge is 0.162 e. The lowest BCUT2D eigenvalue weighted by molar-refractivity contribution is 0.306. The Bertz CT molecular complexity index is 1100. The zero-order valence-electron chi connectivity index (χ0n) is 14.8. The predicted octanol–water partition coefficient (Wildman–Crippen LogP) is 3.01. The van der Waals surface area contributed by atoms with Crippen LogP contribution in [0.15, 0.2) is 35.2 Å². The average molecular weight is 351 g/mol. The number of hydrogen-bond donors (Lipinski definition) is 0. The second kappa shape index (κ2) is 6.14. The van der Waals surface area contributed by atoms with Crippen molar-refractivity contribution in [3.8, 4) is 34.0 Å². The van der Waals surface area contributed by atoms with Crippen LogP contribution in [0.2, 0.25) is 0 Å². The Morgan fingerprint density at radius 3 is 2.42 bits per heavy atom. The number of hydrogen-bond acceptors (Lipinski definition) is 7. The molecule has 26 heavy (non-hydrogen) atoms. The van der Waals surface area contributed by atoms with E-state index in [4.69, 9.17) is 19.1 Å². The highest BCUT2D eigenvalue weighted by molar-refractivity contribution is 5.98. The third-order valence-electron chi connectivity index (χ3n) is 4.22. The highest BCUT2D eigenvalue weighted by Gasteiger charge is 2.18. The normalized spacial score (nSPS) is 11.1. The number of nitrogens with zero attached hydrogens (tertiary/aromatic N) is 5. The van der Waals surface area contributed by atoms with Crippen LogP contribution >= 0.6 is 0 Å². The van der Waals surface area contributed by atoms with Gasteiger partial charge in [-0.05, 0) is 24.2 Å². The number of methoxy groups -OCH3 is 2. The molecule has 0 saturated heterocycles. The highest BCUT2D eigenvalue weighted by atomic mass is 16.6. The zero-order chi connectivity index (χ0) is 18.3. The van der Waals surface area contributed by atoms with E-state index in [-0.39, 0.29) is 0 Å². The van der Waals surface area contributed by atoms with Crippen LogP contribution in [0.3, 0.4) is 0 Å². The van der Waals surface area contributed by atoms with Crippen molar-refractivity contribution in [2.45, 2.75) is 6.92 Å². The number of ether oxygens (including phenoxy) is 2. The van der Waals surface area contributed by atoms with E-state index in [1.807, 2.05) is 38.4 Å². The molecule has 0 saturated carbocycles. The van der Waals surface area contributed by atoms with Crippen molar-refractivity contribution < 1.29 is 14.1 Å². The summed E-state index contributed by atoms with van der Waals surface area (Å²) in [6, 6.07) is 5.69. The van der Waals surface area contributed by atoms with Crippen LogP contribution < -0.4 is 9.47 Å². The molecule has 0 fully saturated rings. The summed E-state index contributed by atoms with van der Waals surface area (Å²) in [5.74, 6) is 1.23. The molecule has 0 aliphatic heterocycles. The first-order chi connectivity index (χ1) is 12.6. The van der Waals surface area contributed by atoms with E-state index in [0.29, 0.717) is 22.9 Å². The molecule has 8 nitrogen and oxygen atoms in total. The van der Waals surface area contributed by atoms with Crippen LogP contribution in [0.25, 0.3) is 33.4 Å². The van der Waals surface area contributed by atoms with Crippen LogP contribution in [0.5, 0.6) is 11.5 Å². The largest absolute Gasteiger partial charge is 0.493 e. The summed E-state index contributed by atoms with van der Waals surface area (Å²) in [4.78, 5) is 4.78. The average Bonchev–Trinajstić information content (AvgIpc) is 3.27. The van der Waals surface area contributed by atoms with Crippen molar-refractivity contribution >= 4 is 10.9 Å². The van der Waals surface area contributed by atoms with Gasteiger partial charge < -0.3 is 9.47 Å². The number of pyridine rings is 1. The molecular weight excluding hydrogens is 334 g/mol. The Morgan fingerprint density at radius 2 is 1.81 bits per heavy atom. The van der Waals surface area contributed by atoms with Gasteiger partial charge in [-0.3, -0.25) is 4.68 Å².